The van der Waals surface area contributed by atoms with Crippen LogP contribution in [0.4, 0.5) is 0 Å². The van der Waals surface area contributed by atoms with Crippen LogP contribution in [0.5, 0.6) is 0 Å². The standard InChI is InChI=1S/C16H29N5O2/c1-20-15(11-22)18-19-16(20)13-4-8-21(9-5-13)10-14(23)12-2-6-17-7-3-12/h12-14,17,22-23H,2-11H2,1H3. The molecule has 1 unspecified atom stereocenters. The first-order valence-electron chi connectivity index (χ1n) is 8.79. The Kier molecular flexibility index (Phi) is 5.63. The maximum absolute atomic E-state index is 10.5. The van der Waals surface area contributed by atoms with Crippen molar-refractivity contribution in [3.05, 3.63) is 11.6 Å². The van der Waals surface area contributed by atoms with Gasteiger partial charge in [-0.15, -0.1) is 10.2 Å². The zero-order valence-corrected chi connectivity index (χ0v) is 14.0. The lowest BCUT2D eigenvalue weighted by Gasteiger charge is -2.35. The summed E-state index contributed by atoms with van der Waals surface area (Å²) in [4.78, 5) is 2.38. The van der Waals surface area contributed by atoms with Crippen molar-refractivity contribution in [2.75, 3.05) is 32.7 Å². The molecule has 2 aliphatic rings. The van der Waals surface area contributed by atoms with Gasteiger partial charge >= 0.3 is 0 Å². The van der Waals surface area contributed by atoms with Crippen LogP contribution in [0.1, 0.15) is 43.3 Å². The molecule has 1 aromatic heterocycles. The van der Waals surface area contributed by atoms with Crippen molar-refractivity contribution in [2.24, 2.45) is 13.0 Å². The Hall–Kier alpha value is -1.02. The summed E-state index contributed by atoms with van der Waals surface area (Å²) >= 11 is 0. The molecule has 7 heteroatoms. The van der Waals surface area contributed by atoms with Gasteiger partial charge in [-0.1, -0.05) is 0 Å². The minimum Gasteiger partial charge on any atom is -0.392 e. The number of nitrogens with one attached hydrogen (secondary N) is 1. The number of aromatic nitrogens is 3. The van der Waals surface area contributed by atoms with Crippen LogP contribution in [0.15, 0.2) is 0 Å². The third-order valence-corrected chi connectivity index (χ3v) is 5.47. The maximum Gasteiger partial charge on any atom is 0.158 e. The summed E-state index contributed by atoms with van der Waals surface area (Å²) in [6.07, 6.45) is 4.04. The van der Waals surface area contributed by atoms with Crippen LogP contribution in [0, 0.1) is 5.92 Å². The molecule has 130 valence electrons. The molecule has 23 heavy (non-hydrogen) atoms. The van der Waals surface area contributed by atoms with Crippen LogP contribution in [0.3, 0.4) is 0 Å². The summed E-state index contributed by atoms with van der Waals surface area (Å²) in [5.41, 5.74) is 0. The van der Waals surface area contributed by atoms with E-state index in [1.54, 1.807) is 0 Å². The fourth-order valence-corrected chi connectivity index (χ4v) is 3.88. The van der Waals surface area contributed by atoms with Crippen molar-refractivity contribution in [3.8, 4) is 0 Å². The van der Waals surface area contributed by atoms with Gasteiger partial charge < -0.3 is 25.0 Å². The normalized spacial score (nSPS) is 23.3. The fourth-order valence-electron chi connectivity index (χ4n) is 3.88. The van der Waals surface area contributed by atoms with Gasteiger partial charge in [0, 0.05) is 19.5 Å². The Labute approximate surface area is 137 Å². The first kappa shape index (κ1) is 16.8. The average Bonchev–Trinajstić information content (AvgIpc) is 2.97. The van der Waals surface area contributed by atoms with Gasteiger partial charge in [0.2, 0.25) is 0 Å². The molecular weight excluding hydrogens is 294 g/mol. The second-order valence-corrected chi connectivity index (χ2v) is 6.92. The van der Waals surface area contributed by atoms with E-state index in [-0.39, 0.29) is 12.7 Å². The van der Waals surface area contributed by atoms with Gasteiger partial charge in [0.25, 0.3) is 0 Å². The number of β-amino-alcohol motifs (C(OH)–C–C–N with tert-alkyl or cyclic N) is 1. The lowest BCUT2D eigenvalue weighted by molar-refractivity contribution is 0.0422. The highest BCUT2D eigenvalue weighted by molar-refractivity contribution is 5.02. The smallest absolute Gasteiger partial charge is 0.158 e. The molecule has 0 spiro atoms. The zero-order valence-electron chi connectivity index (χ0n) is 14.0. The number of nitrogens with zero attached hydrogens (tertiary/aromatic N) is 4. The first-order valence-corrected chi connectivity index (χ1v) is 8.79. The van der Waals surface area contributed by atoms with Gasteiger partial charge in [-0.3, -0.25) is 0 Å². The first-order chi connectivity index (χ1) is 11.2. The lowest BCUT2D eigenvalue weighted by Crippen LogP contribution is -2.43. The van der Waals surface area contributed by atoms with E-state index in [1.165, 1.54) is 0 Å². The summed E-state index contributed by atoms with van der Waals surface area (Å²) in [5, 5.41) is 31.3. The third kappa shape index (κ3) is 3.91. The van der Waals surface area contributed by atoms with Crippen molar-refractivity contribution in [1.82, 2.24) is 25.0 Å². The van der Waals surface area contributed by atoms with Gasteiger partial charge in [0.15, 0.2) is 5.82 Å². The molecule has 2 aliphatic heterocycles. The van der Waals surface area contributed by atoms with E-state index in [0.29, 0.717) is 17.7 Å². The van der Waals surface area contributed by atoms with Crippen LogP contribution in [0.25, 0.3) is 0 Å². The summed E-state index contributed by atoms with van der Waals surface area (Å²) in [6.45, 7) is 4.78. The molecule has 0 aromatic carbocycles. The van der Waals surface area contributed by atoms with Gasteiger partial charge in [0.1, 0.15) is 12.4 Å². The van der Waals surface area contributed by atoms with Crippen molar-refractivity contribution >= 4 is 0 Å². The van der Waals surface area contributed by atoms with Crippen molar-refractivity contribution < 1.29 is 10.2 Å². The van der Waals surface area contributed by atoms with E-state index in [4.69, 9.17) is 0 Å². The topological polar surface area (TPSA) is 86.4 Å². The number of aliphatic hydroxyl groups is 2. The van der Waals surface area contributed by atoms with E-state index in [0.717, 1.165) is 64.2 Å². The fraction of sp³-hybridized carbons (Fsp3) is 0.875. The van der Waals surface area contributed by atoms with Crippen LogP contribution in [-0.4, -0.2) is 68.7 Å². The maximum atomic E-state index is 10.5. The van der Waals surface area contributed by atoms with Crippen molar-refractivity contribution in [2.45, 2.75) is 44.3 Å². The number of likely N-dealkylation sites (tertiary alicyclic amines) is 1. The predicted octanol–water partition coefficient (Wildman–Crippen LogP) is -0.153. The molecule has 1 atom stereocenters. The number of hydrogen-bond acceptors (Lipinski definition) is 6. The lowest BCUT2D eigenvalue weighted by atomic mass is 9.90. The van der Waals surface area contributed by atoms with Crippen LogP contribution in [-0.2, 0) is 13.7 Å². The molecule has 3 rings (SSSR count). The second-order valence-electron chi connectivity index (χ2n) is 6.92. The highest BCUT2D eigenvalue weighted by Crippen LogP contribution is 2.27. The monoisotopic (exact) mass is 323 g/mol. The highest BCUT2D eigenvalue weighted by atomic mass is 16.3. The summed E-state index contributed by atoms with van der Waals surface area (Å²) in [6, 6.07) is 0. The van der Waals surface area contributed by atoms with E-state index in [1.807, 2.05) is 11.6 Å². The van der Waals surface area contributed by atoms with E-state index >= 15 is 0 Å². The molecule has 7 nitrogen and oxygen atoms in total. The van der Waals surface area contributed by atoms with Crippen molar-refractivity contribution in [1.29, 1.82) is 0 Å². The quantitative estimate of drug-likeness (QED) is 0.698. The molecule has 2 fully saturated rings. The SMILES string of the molecule is Cn1c(CO)nnc1C1CCN(CC(O)C2CCNCC2)CC1. The van der Waals surface area contributed by atoms with Gasteiger partial charge in [-0.05, 0) is 57.8 Å². The Morgan fingerprint density at radius 3 is 2.48 bits per heavy atom. The summed E-state index contributed by atoms with van der Waals surface area (Å²) in [5.74, 6) is 2.45. The molecule has 1 aromatic rings. The summed E-state index contributed by atoms with van der Waals surface area (Å²) in [7, 11) is 1.92. The molecule has 3 heterocycles. The van der Waals surface area contributed by atoms with Gasteiger partial charge in [-0.2, -0.15) is 0 Å². The van der Waals surface area contributed by atoms with Crippen molar-refractivity contribution in [3.63, 3.8) is 0 Å². The molecular formula is C16H29N5O2. The minimum absolute atomic E-state index is 0.0647. The number of hydrogen-bond donors (Lipinski definition) is 3. The average molecular weight is 323 g/mol. The molecule has 0 aliphatic carbocycles. The number of rotatable bonds is 5. The van der Waals surface area contributed by atoms with Gasteiger partial charge in [-0.25, -0.2) is 0 Å². The second kappa shape index (κ2) is 7.70. The van der Waals surface area contributed by atoms with E-state index in [9.17, 15) is 10.2 Å². The molecule has 0 radical (unpaired) electrons. The van der Waals surface area contributed by atoms with E-state index < -0.39 is 0 Å². The third-order valence-electron chi connectivity index (χ3n) is 5.47. The molecule has 0 saturated carbocycles. The predicted molar refractivity (Wildman–Crippen MR) is 86.9 cm³/mol. The Morgan fingerprint density at radius 2 is 1.87 bits per heavy atom. The van der Waals surface area contributed by atoms with E-state index in [2.05, 4.69) is 20.4 Å². The largest absolute Gasteiger partial charge is 0.392 e. The van der Waals surface area contributed by atoms with Crippen LogP contribution < -0.4 is 5.32 Å². The Morgan fingerprint density at radius 1 is 1.17 bits per heavy atom. The highest BCUT2D eigenvalue weighted by Gasteiger charge is 2.28. The summed E-state index contributed by atoms with van der Waals surface area (Å²) < 4.78 is 1.92. The Balaban J connectivity index is 1.49. The van der Waals surface area contributed by atoms with Crippen LogP contribution in [0.2, 0.25) is 0 Å². The minimum atomic E-state index is -0.204. The molecule has 0 bridgehead atoms. The molecule has 2 saturated heterocycles. The molecule has 3 N–H and O–H groups in total. The molecule has 0 amide bonds. The number of piperidine rings is 2. The van der Waals surface area contributed by atoms with Crippen LogP contribution >= 0.6 is 0 Å². The van der Waals surface area contributed by atoms with Gasteiger partial charge in [0.05, 0.1) is 6.10 Å². The number of aliphatic hydroxyl groups excluding tert-OH is 2. The zero-order chi connectivity index (χ0) is 16.2. The Bertz CT molecular complexity index is 493.